The van der Waals surface area contributed by atoms with Gasteiger partial charge in [0.15, 0.2) is 6.04 Å². The Balaban J connectivity index is 2.55. The maximum absolute atomic E-state index is 12.0. The highest BCUT2D eigenvalue weighted by atomic mass is 16.5. The number of benzene rings is 1. The van der Waals surface area contributed by atoms with Crippen molar-refractivity contribution in [3.8, 4) is 0 Å². The Hall–Kier alpha value is -1.88. The zero-order valence-electron chi connectivity index (χ0n) is 13.0. The summed E-state index contributed by atoms with van der Waals surface area (Å²) in [4.78, 5) is 23.7. The summed E-state index contributed by atoms with van der Waals surface area (Å²) in [5.41, 5.74) is 0.425. The maximum Gasteiger partial charge on any atom is 0.330 e. The van der Waals surface area contributed by atoms with Gasteiger partial charge >= 0.3 is 5.97 Å². The van der Waals surface area contributed by atoms with Crippen molar-refractivity contribution in [1.82, 2.24) is 5.32 Å². The number of esters is 1. The largest absolute Gasteiger partial charge is 0.467 e. The van der Waals surface area contributed by atoms with E-state index >= 15 is 0 Å². The van der Waals surface area contributed by atoms with E-state index in [9.17, 15) is 9.59 Å². The van der Waals surface area contributed by atoms with Gasteiger partial charge in [0.2, 0.25) is 5.91 Å². The highest BCUT2D eigenvalue weighted by Crippen LogP contribution is 2.13. The van der Waals surface area contributed by atoms with Crippen LogP contribution in [0.5, 0.6) is 0 Å². The minimum absolute atomic E-state index is 0.0728. The fraction of sp³-hybridized carbons (Fsp3) is 0.500. The Morgan fingerprint density at radius 1 is 1.19 bits per heavy atom. The lowest BCUT2D eigenvalue weighted by Gasteiger charge is -2.22. The number of carbonyl (C=O) groups excluding carboxylic acids is 2. The van der Waals surface area contributed by atoms with Crippen molar-refractivity contribution in [2.75, 3.05) is 13.7 Å². The van der Waals surface area contributed by atoms with Crippen LogP contribution in [-0.2, 0) is 25.7 Å². The molecule has 1 N–H and O–H groups in total. The van der Waals surface area contributed by atoms with E-state index in [1.165, 1.54) is 7.11 Å². The first kappa shape index (κ1) is 17.2. The van der Waals surface area contributed by atoms with E-state index in [0.29, 0.717) is 6.61 Å². The third-order valence-electron chi connectivity index (χ3n) is 2.87. The highest BCUT2D eigenvalue weighted by molar-refractivity contribution is 5.87. The molecular weight excluding hydrogens is 270 g/mol. The number of nitrogens with one attached hydrogen (secondary N) is 1. The molecule has 0 aliphatic rings. The predicted octanol–water partition coefficient (Wildman–Crippen LogP) is 1.91. The molecule has 0 fully saturated rings. The van der Waals surface area contributed by atoms with Crippen LogP contribution in [0.1, 0.15) is 26.3 Å². The Kier molecular flexibility index (Phi) is 6.37. The third-order valence-corrected chi connectivity index (χ3v) is 2.87. The third kappa shape index (κ3) is 5.95. The first-order chi connectivity index (χ1) is 9.84. The standard InChI is InChI=1S/C16H23NO4/c1-16(2,3)15(19)17-13(14(18)20-4)11-21-10-12-8-6-5-7-9-12/h5-9,13H,10-11H2,1-4H3,(H,17,19). The quantitative estimate of drug-likeness (QED) is 0.814. The molecule has 0 heterocycles. The predicted molar refractivity (Wildman–Crippen MR) is 79.5 cm³/mol. The molecule has 0 radical (unpaired) electrons. The van der Waals surface area contributed by atoms with Crippen molar-refractivity contribution in [3.63, 3.8) is 0 Å². The van der Waals surface area contributed by atoms with Gasteiger partial charge in [0.1, 0.15) is 0 Å². The maximum atomic E-state index is 12.0. The first-order valence-corrected chi connectivity index (χ1v) is 6.85. The topological polar surface area (TPSA) is 64.6 Å². The molecule has 5 nitrogen and oxygen atoms in total. The van der Waals surface area contributed by atoms with Crippen LogP contribution in [0.15, 0.2) is 30.3 Å². The van der Waals surface area contributed by atoms with Crippen molar-refractivity contribution in [2.24, 2.45) is 5.41 Å². The van der Waals surface area contributed by atoms with Crippen LogP contribution >= 0.6 is 0 Å². The van der Waals surface area contributed by atoms with Crippen LogP contribution in [0, 0.1) is 5.41 Å². The second kappa shape index (κ2) is 7.78. The van der Waals surface area contributed by atoms with E-state index in [0.717, 1.165) is 5.56 Å². The second-order valence-corrected chi connectivity index (χ2v) is 5.80. The Morgan fingerprint density at radius 3 is 2.33 bits per heavy atom. The first-order valence-electron chi connectivity index (χ1n) is 6.85. The van der Waals surface area contributed by atoms with E-state index in [2.05, 4.69) is 5.32 Å². The lowest BCUT2D eigenvalue weighted by molar-refractivity contribution is -0.148. The van der Waals surface area contributed by atoms with Crippen LogP contribution < -0.4 is 5.32 Å². The van der Waals surface area contributed by atoms with Gasteiger partial charge < -0.3 is 14.8 Å². The molecule has 1 aromatic carbocycles. The summed E-state index contributed by atoms with van der Waals surface area (Å²) in [6.07, 6.45) is 0. The molecule has 0 spiro atoms. The van der Waals surface area contributed by atoms with Crippen LogP contribution in [0.2, 0.25) is 0 Å². The summed E-state index contributed by atoms with van der Waals surface area (Å²) in [7, 11) is 1.29. The summed E-state index contributed by atoms with van der Waals surface area (Å²) in [6, 6.07) is 8.81. The van der Waals surface area contributed by atoms with E-state index in [4.69, 9.17) is 9.47 Å². The molecule has 1 aromatic rings. The summed E-state index contributed by atoms with van der Waals surface area (Å²) < 4.78 is 10.2. The van der Waals surface area contributed by atoms with Gasteiger partial charge in [-0.05, 0) is 5.56 Å². The monoisotopic (exact) mass is 293 g/mol. The SMILES string of the molecule is COC(=O)C(COCc1ccccc1)NC(=O)C(C)(C)C. The molecule has 21 heavy (non-hydrogen) atoms. The molecule has 0 aliphatic heterocycles. The lowest BCUT2D eigenvalue weighted by Crippen LogP contribution is -2.48. The molecule has 0 aliphatic carbocycles. The van der Waals surface area contributed by atoms with Gasteiger partial charge in [-0.15, -0.1) is 0 Å². The molecule has 0 saturated carbocycles. The van der Waals surface area contributed by atoms with Crippen LogP contribution in [0.25, 0.3) is 0 Å². The van der Waals surface area contributed by atoms with Gasteiger partial charge in [0, 0.05) is 5.41 Å². The fourth-order valence-corrected chi connectivity index (χ4v) is 1.55. The average Bonchev–Trinajstić information content (AvgIpc) is 2.45. The van der Waals surface area contributed by atoms with Crippen molar-refractivity contribution in [1.29, 1.82) is 0 Å². The zero-order chi connectivity index (χ0) is 15.9. The minimum atomic E-state index is -0.801. The Labute approximate surface area is 125 Å². The smallest absolute Gasteiger partial charge is 0.330 e. The van der Waals surface area contributed by atoms with Gasteiger partial charge in [-0.25, -0.2) is 4.79 Å². The zero-order valence-corrected chi connectivity index (χ0v) is 13.0. The van der Waals surface area contributed by atoms with Gasteiger partial charge in [0.25, 0.3) is 0 Å². The molecule has 1 atom stereocenters. The van der Waals surface area contributed by atoms with E-state index in [1.807, 2.05) is 30.3 Å². The molecule has 116 valence electrons. The van der Waals surface area contributed by atoms with E-state index < -0.39 is 17.4 Å². The number of rotatable bonds is 6. The van der Waals surface area contributed by atoms with Crippen molar-refractivity contribution in [3.05, 3.63) is 35.9 Å². The fourth-order valence-electron chi connectivity index (χ4n) is 1.55. The number of hydrogen-bond donors (Lipinski definition) is 1. The number of carbonyl (C=O) groups is 2. The summed E-state index contributed by atoms with van der Waals surface area (Å²) in [5.74, 6) is -0.734. The van der Waals surface area contributed by atoms with Crippen LogP contribution in [-0.4, -0.2) is 31.6 Å². The molecule has 1 amide bonds. The van der Waals surface area contributed by atoms with Crippen molar-refractivity contribution < 1.29 is 19.1 Å². The molecule has 5 heteroatoms. The molecule has 1 unspecified atom stereocenters. The highest BCUT2D eigenvalue weighted by Gasteiger charge is 2.28. The average molecular weight is 293 g/mol. The summed E-state index contributed by atoms with van der Waals surface area (Å²) in [6.45, 7) is 5.79. The van der Waals surface area contributed by atoms with Gasteiger partial charge in [-0.1, -0.05) is 51.1 Å². The lowest BCUT2D eigenvalue weighted by atomic mass is 9.95. The normalized spacial score (nSPS) is 12.6. The molecular formula is C16H23NO4. The van der Waals surface area contributed by atoms with Crippen LogP contribution in [0.3, 0.4) is 0 Å². The van der Waals surface area contributed by atoms with Crippen molar-refractivity contribution >= 4 is 11.9 Å². The summed E-state index contributed by atoms with van der Waals surface area (Å²) in [5, 5.41) is 2.66. The number of methoxy groups -OCH3 is 1. The Bertz CT molecular complexity index is 465. The van der Waals surface area contributed by atoms with Gasteiger partial charge in [-0.2, -0.15) is 0 Å². The summed E-state index contributed by atoms with van der Waals surface area (Å²) >= 11 is 0. The molecule has 1 rings (SSSR count). The molecule has 0 bridgehead atoms. The Morgan fingerprint density at radius 2 is 1.81 bits per heavy atom. The number of hydrogen-bond acceptors (Lipinski definition) is 4. The van der Waals surface area contributed by atoms with Crippen LogP contribution in [0.4, 0.5) is 0 Å². The van der Waals surface area contributed by atoms with Gasteiger partial charge in [-0.3, -0.25) is 4.79 Å². The van der Waals surface area contributed by atoms with E-state index in [1.54, 1.807) is 20.8 Å². The molecule has 0 saturated heterocycles. The number of amides is 1. The molecule has 0 aromatic heterocycles. The number of ether oxygens (including phenoxy) is 2. The minimum Gasteiger partial charge on any atom is -0.467 e. The van der Waals surface area contributed by atoms with Crippen molar-refractivity contribution in [2.45, 2.75) is 33.4 Å². The van der Waals surface area contributed by atoms with Gasteiger partial charge in [0.05, 0.1) is 20.3 Å². The second-order valence-electron chi connectivity index (χ2n) is 5.80. The van der Waals surface area contributed by atoms with E-state index in [-0.39, 0.29) is 12.5 Å².